The molecule has 0 aliphatic carbocycles. The Morgan fingerprint density at radius 2 is 1.62 bits per heavy atom. The third-order valence-electron chi connectivity index (χ3n) is 4.53. The molecule has 0 atom stereocenters. The summed E-state index contributed by atoms with van der Waals surface area (Å²) < 4.78 is 0. The van der Waals surface area contributed by atoms with Gasteiger partial charge in [-0.25, -0.2) is 9.59 Å². The molecule has 0 radical (unpaired) electrons. The fourth-order valence-electron chi connectivity index (χ4n) is 3.05. The summed E-state index contributed by atoms with van der Waals surface area (Å²) in [6, 6.07) is 16.8. The molecule has 1 aliphatic rings. The van der Waals surface area contributed by atoms with Crippen molar-refractivity contribution in [1.29, 1.82) is 0 Å². The number of urea groups is 1. The lowest BCUT2D eigenvalue weighted by Gasteiger charge is -2.34. The van der Waals surface area contributed by atoms with Crippen LogP contribution in [0.2, 0.25) is 0 Å². The standard InChI is InChI=1S/C20H23N3O3/c24-19(25)18-8-4-7-17(13-18)14-21-20(26)23-11-9-22(10-12-23)15-16-5-2-1-3-6-16/h1-8,13H,9-12,14-15H2,(H,21,26)(H,24,25). The highest BCUT2D eigenvalue weighted by atomic mass is 16.4. The summed E-state index contributed by atoms with van der Waals surface area (Å²) in [5.41, 5.74) is 2.29. The Morgan fingerprint density at radius 3 is 2.31 bits per heavy atom. The van der Waals surface area contributed by atoms with Gasteiger partial charge in [0, 0.05) is 39.3 Å². The van der Waals surface area contributed by atoms with Gasteiger partial charge in [0.1, 0.15) is 0 Å². The molecular weight excluding hydrogens is 330 g/mol. The number of carbonyl (C=O) groups is 2. The smallest absolute Gasteiger partial charge is 0.335 e. The van der Waals surface area contributed by atoms with E-state index in [1.165, 1.54) is 5.56 Å². The first-order valence-electron chi connectivity index (χ1n) is 8.73. The van der Waals surface area contributed by atoms with E-state index in [1.807, 2.05) is 29.2 Å². The molecule has 2 amide bonds. The molecule has 1 aliphatic heterocycles. The Hall–Kier alpha value is -2.86. The van der Waals surface area contributed by atoms with E-state index in [0.29, 0.717) is 19.6 Å². The Morgan fingerprint density at radius 1 is 0.923 bits per heavy atom. The minimum atomic E-state index is -0.965. The number of carboxylic acid groups (broad SMARTS) is 1. The van der Waals surface area contributed by atoms with Crippen LogP contribution in [0.5, 0.6) is 0 Å². The maximum Gasteiger partial charge on any atom is 0.335 e. The lowest BCUT2D eigenvalue weighted by molar-refractivity contribution is 0.0696. The van der Waals surface area contributed by atoms with Crippen molar-refractivity contribution in [2.24, 2.45) is 0 Å². The number of hydrogen-bond acceptors (Lipinski definition) is 3. The molecule has 2 aromatic rings. The van der Waals surface area contributed by atoms with Crippen LogP contribution in [0, 0.1) is 0 Å². The predicted octanol–water partition coefficient (Wildman–Crippen LogP) is 2.41. The number of nitrogens with zero attached hydrogens (tertiary/aromatic N) is 2. The molecule has 6 heteroatoms. The highest BCUT2D eigenvalue weighted by Gasteiger charge is 2.20. The van der Waals surface area contributed by atoms with E-state index in [0.717, 1.165) is 25.2 Å². The zero-order valence-electron chi connectivity index (χ0n) is 14.6. The second kappa shape index (κ2) is 8.49. The van der Waals surface area contributed by atoms with Crippen LogP contribution in [0.1, 0.15) is 21.5 Å². The number of nitrogens with one attached hydrogen (secondary N) is 1. The zero-order chi connectivity index (χ0) is 18.4. The van der Waals surface area contributed by atoms with Crippen LogP contribution < -0.4 is 5.32 Å². The van der Waals surface area contributed by atoms with E-state index in [9.17, 15) is 9.59 Å². The Balaban J connectivity index is 1.45. The first-order valence-corrected chi connectivity index (χ1v) is 8.73. The summed E-state index contributed by atoms with van der Waals surface area (Å²) in [5, 5.41) is 11.9. The molecule has 1 saturated heterocycles. The van der Waals surface area contributed by atoms with Crippen molar-refractivity contribution in [3.8, 4) is 0 Å². The predicted molar refractivity (Wildman–Crippen MR) is 98.9 cm³/mol. The molecule has 136 valence electrons. The second-order valence-corrected chi connectivity index (χ2v) is 6.41. The van der Waals surface area contributed by atoms with Gasteiger partial charge in [0.2, 0.25) is 0 Å². The van der Waals surface area contributed by atoms with Gasteiger partial charge in [0.15, 0.2) is 0 Å². The van der Waals surface area contributed by atoms with Crippen molar-refractivity contribution >= 4 is 12.0 Å². The van der Waals surface area contributed by atoms with Crippen molar-refractivity contribution in [2.45, 2.75) is 13.1 Å². The monoisotopic (exact) mass is 353 g/mol. The minimum absolute atomic E-state index is 0.106. The van der Waals surface area contributed by atoms with Gasteiger partial charge < -0.3 is 15.3 Å². The topological polar surface area (TPSA) is 72.9 Å². The highest BCUT2D eigenvalue weighted by molar-refractivity contribution is 5.87. The van der Waals surface area contributed by atoms with Gasteiger partial charge in [-0.2, -0.15) is 0 Å². The normalized spacial score (nSPS) is 14.8. The zero-order valence-corrected chi connectivity index (χ0v) is 14.6. The molecule has 0 unspecified atom stereocenters. The highest BCUT2D eigenvalue weighted by Crippen LogP contribution is 2.09. The van der Waals surface area contributed by atoms with E-state index in [1.54, 1.807) is 18.2 Å². The maximum atomic E-state index is 12.3. The first-order chi connectivity index (χ1) is 12.6. The van der Waals surface area contributed by atoms with Gasteiger partial charge in [-0.15, -0.1) is 0 Å². The van der Waals surface area contributed by atoms with E-state index in [4.69, 9.17) is 5.11 Å². The molecule has 0 spiro atoms. The number of carboxylic acids is 1. The minimum Gasteiger partial charge on any atom is -0.478 e. The molecule has 0 saturated carbocycles. The van der Waals surface area contributed by atoms with Gasteiger partial charge in [0.25, 0.3) is 0 Å². The van der Waals surface area contributed by atoms with Crippen LogP contribution in [-0.2, 0) is 13.1 Å². The number of amides is 2. The number of rotatable bonds is 5. The van der Waals surface area contributed by atoms with Crippen molar-refractivity contribution < 1.29 is 14.7 Å². The van der Waals surface area contributed by atoms with E-state index >= 15 is 0 Å². The van der Waals surface area contributed by atoms with Gasteiger partial charge in [0.05, 0.1) is 5.56 Å². The van der Waals surface area contributed by atoms with Crippen LogP contribution in [-0.4, -0.2) is 53.1 Å². The summed E-state index contributed by atoms with van der Waals surface area (Å²) in [7, 11) is 0. The Labute approximate surface area is 153 Å². The average Bonchev–Trinajstić information content (AvgIpc) is 2.68. The average molecular weight is 353 g/mol. The summed E-state index contributed by atoms with van der Waals surface area (Å²) in [6.45, 7) is 4.29. The summed E-state index contributed by atoms with van der Waals surface area (Å²) in [6.07, 6.45) is 0. The third-order valence-corrected chi connectivity index (χ3v) is 4.53. The molecule has 2 aromatic carbocycles. The van der Waals surface area contributed by atoms with Crippen LogP contribution in [0.4, 0.5) is 4.79 Å². The fraction of sp³-hybridized carbons (Fsp3) is 0.300. The number of hydrogen-bond donors (Lipinski definition) is 2. The molecule has 1 fully saturated rings. The lowest BCUT2D eigenvalue weighted by Crippen LogP contribution is -2.51. The fourth-order valence-corrected chi connectivity index (χ4v) is 3.05. The van der Waals surface area contributed by atoms with Gasteiger partial charge in [-0.3, -0.25) is 4.90 Å². The number of piperazine rings is 1. The molecule has 6 nitrogen and oxygen atoms in total. The van der Waals surface area contributed by atoms with Gasteiger partial charge >= 0.3 is 12.0 Å². The molecule has 0 bridgehead atoms. The summed E-state index contributed by atoms with van der Waals surface area (Å²) in [5.74, 6) is -0.965. The third kappa shape index (κ3) is 4.83. The summed E-state index contributed by atoms with van der Waals surface area (Å²) in [4.78, 5) is 27.5. The van der Waals surface area contributed by atoms with Gasteiger partial charge in [-0.1, -0.05) is 42.5 Å². The molecule has 0 aromatic heterocycles. The molecular formula is C20H23N3O3. The molecule has 26 heavy (non-hydrogen) atoms. The number of aromatic carboxylic acids is 1. The number of benzene rings is 2. The Bertz CT molecular complexity index is 756. The number of carbonyl (C=O) groups excluding carboxylic acids is 1. The van der Waals surface area contributed by atoms with Crippen molar-refractivity contribution in [3.63, 3.8) is 0 Å². The quantitative estimate of drug-likeness (QED) is 0.866. The lowest BCUT2D eigenvalue weighted by atomic mass is 10.1. The SMILES string of the molecule is O=C(O)c1cccc(CNC(=O)N2CCN(Cc3ccccc3)CC2)c1. The summed E-state index contributed by atoms with van der Waals surface area (Å²) >= 11 is 0. The van der Waals surface area contributed by atoms with Crippen LogP contribution in [0.3, 0.4) is 0 Å². The van der Waals surface area contributed by atoms with Crippen molar-refractivity contribution in [1.82, 2.24) is 15.1 Å². The maximum absolute atomic E-state index is 12.3. The van der Waals surface area contributed by atoms with E-state index < -0.39 is 5.97 Å². The van der Waals surface area contributed by atoms with Crippen LogP contribution >= 0.6 is 0 Å². The van der Waals surface area contributed by atoms with Gasteiger partial charge in [-0.05, 0) is 23.3 Å². The van der Waals surface area contributed by atoms with Crippen molar-refractivity contribution in [3.05, 3.63) is 71.3 Å². The molecule has 1 heterocycles. The second-order valence-electron chi connectivity index (χ2n) is 6.41. The first kappa shape index (κ1) is 17.9. The van der Waals surface area contributed by atoms with Crippen LogP contribution in [0.25, 0.3) is 0 Å². The molecule has 2 N–H and O–H groups in total. The van der Waals surface area contributed by atoms with E-state index in [-0.39, 0.29) is 11.6 Å². The Kier molecular flexibility index (Phi) is 5.86. The van der Waals surface area contributed by atoms with Crippen molar-refractivity contribution in [2.75, 3.05) is 26.2 Å². The van der Waals surface area contributed by atoms with E-state index in [2.05, 4.69) is 22.3 Å². The molecule has 3 rings (SSSR count). The largest absolute Gasteiger partial charge is 0.478 e. The van der Waals surface area contributed by atoms with Crippen LogP contribution in [0.15, 0.2) is 54.6 Å².